The van der Waals surface area contributed by atoms with Gasteiger partial charge in [-0.25, -0.2) is 8.42 Å². The average Bonchev–Trinajstić information content (AvgIpc) is 2.73. The van der Waals surface area contributed by atoms with E-state index in [2.05, 4.69) is 6.07 Å². The van der Waals surface area contributed by atoms with Crippen LogP contribution in [0.25, 0.3) is 0 Å². The van der Waals surface area contributed by atoms with Crippen LogP contribution in [0.5, 0.6) is 0 Å². The second kappa shape index (κ2) is 6.71. The molecule has 3 aliphatic rings. The molecule has 2 aromatic rings. The molecule has 2 aromatic carbocycles. The summed E-state index contributed by atoms with van der Waals surface area (Å²) in [5, 5.41) is 0. The van der Waals surface area contributed by atoms with Gasteiger partial charge in [0.2, 0.25) is 15.9 Å². The molecule has 0 N–H and O–H groups in total. The maximum Gasteiger partial charge on any atom is 0.243 e. The summed E-state index contributed by atoms with van der Waals surface area (Å²) in [6.07, 6.45) is 5.05. The highest BCUT2D eigenvalue weighted by Crippen LogP contribution is 2.35. The summed E-state index contributed by atoms with van der Waals surface area (Å²) in [7, 11) is -3.70. The molecule has 28 heavy (non-hydrogen) atoms. The normalized spacial score (nSPS) is 22.4. The Bertz CT molecular complexity index is 1050. The van der Waals surface area contributed by atoms with Gasteiger partial charge in [-0.3, -0.25) is 4.79 Å². The van der Waals surface area contributed by atoms with Crippen molar-refractivity contribution in [1.82, 2.24) is 9.21 Å². The van der Waals surface area contributed by atoms with Crippen LogP contribution in [-0.4, -0.2) is 43.2 Å². The number of aryl methyl sites for hydroxylation is 2. The number of carbonyl (C=O) groups is 1. The number of carbonyl (C=O) groups excluding carboxylic acids is 1. The van der Waals surface area contributed by atoms with Gasteiger partial charge in [0.05, 0.1) is 17.5 Å². The second-order valence-electron chi connectivity index (χ2n) is 7.99. The molecule has 1 fully saturated rings. The molecule has 1 amide bonds. The molecule has 2 aliphatic heterocycles. The van der Waals surface area contributed by atoms with Crippen molar-refractivity contribution >= 4 is 15.9 Å². The lowest BCUT2D eigenvalue weighted by atomic mass is 9.91. The van der Waals surface area contributed by atoms with E-state index < -0.39 is 10.0 Å². The SMILES string of the molecule is O=C1CN(S(=O)(=O)c2ccc3c(c2)CCCC3)C[C@H]2c3ccccc3CCN12. The first-order chi connectivity index (χ1) is 13.5. The lowest BCUT2D eigenvalue weighted by Crippen LogP contribution is -2.55. The molecule has 0 radical (unpaired) electrons. The van der Waals surface area contributed by atoms with Crippen LogP contribution in [0.15, 0.2) is 47.4 Å². The van der Waals surface area contributed by atoms with Crippen molar-refractivity contribution in [3.8, 4) is 0 Å². The Labute approximate surface area is 166 Å². The number of fused-ring (bicyclic) bond motifs is 4. The van der Waals surface area contributed by atoms with Crippen molar-refractivity contribution in [2.45, 2.75) is 43.0 Å². The zero-order valence-corrected chi connectivity index (χ0v) is 16.6. The summed E-state index contributed by atoms with van der Waals surface area (Å²) in [6, 6.07) is 13.4. The molecule has 1 saturated heterocycles. The Hall–Kier alpha value is -2.18. The van der Waals surface area contributed by atoms with Crippen molar-refractivity contribution in [2.75, 3.05) is 19.6 Å². The molecule has 5 nitrogen and oxygen atoms in total. The van der Waals surface area contributed by atoms with Gasteiger partial charge in [-0.15, -0.1) is 0 Å². The van der Waals surface area contributed by atoms with Crippen LogP contribution >= 0.6 is 0 Å². The Morgan fingerprint density at radius 3 is 2.54 bits per heavy atom. The third-order valence-electron chi connectivity index (χ3n) is 6.38. The number of amides is 1. The maximum absolute atomic E-state index is 13.4. The second-order valence-corrected chi connectivity index (χ2v) is 9.92. The number of sulfonamides is 1. The molecular weight excluding hydrogens is 372 g/mol. The molecular formula is C22H24N2O3S. The van der Waals surface area contributed by atoms with Gasteiger partial charge in [-0.1, -0.05) is 30.3 Å². The number of rotatable bonds is 2. The van der Waals surface area contributed by atoms with Crippen LogP contribution in [-0.2, 0) is 34.1 Å². The molecule has 0 unspecified atom stereocenters. The summed E-state index contributed by atoms with van der Waals surface area (Å²) in [5.41, 5.74) is 4.68. The highest BCUT2D eigenvalue weighted by molar-refractivity contribution is 7.89. The van der Waals surface area contributed by atoms with E-state index in [0.717, 1.165) is 43.2 Å². The molecule has 146 valence electrons. The van der Waals surface area contributed by atoms with Crippen molar-refractivity contribution in [3.63, 3.8) is 0 Å². The van der Waals surface area contributed by atoms with Crippen LogP contribution in [0.2, 0.25) is 0 Å². The van der Waals surface area contributed by atoms with Crippen molar-refractivity contribution in [2.24, 2.45) is 0 Å². The molecule has 0 aromatic heterocycles. The summed E-state index contributed by atoms with van der Waals surface area (Å²) in [6.45, 7) is 0.910. The van der Waals surface area contributed by atoms with Gasteiger partial charge in [-0.05, 0) is 66.5 Å². The number of hydrogen-bond acceptors (Lipinski definition) is 3. The van der Waals surface area contributed by atoms with E-state index in [1.54, 1.807) is 6.07 Å². The highest BCUT2D eigenvalue weighted by atomic mass is 32.2. The first kappa shape index (κ1) is 17.9. The lowest BCUT2D eigenvalue weighted by molar-refractivity contribution is -0.138. The predicted octanol–water partition coefficient (Wildman–Crippen LogP) is 2.70. The fourth-order valence-corrected chi connectivity index (χ4v) is 6.30. The first-order valence-electron chi connectivity index (χ1n) is 10.0. The van der Waals surface area contributed by atoms with Gasteiger partial charge >= 0.3 is 0 Å². The molecule has 5 rings (SSSR count). The first-order valence-corrected chi connectivity index (χ1v) is 11.5. The summed E-state index contributed by atoms with van der Waals surface area (Å²) < 4.78 is 28.1. The van der Waals surface area contributed by atoms with Gasteiger partial charge < -0.3 is 4.90 Å². The highest BCUT2D eigenvalue weighted by Gasteiger charge is 2.41. The van der Waals surface area contributed by atoms with Gasteiger partial charge in [-0.2, -0.15) is 4.31 Å². The summed E-state index contributed by atoms with van der Waals surface area (Å²) in [5.74, 6) is -0.104. The van der Waals surface area contributed by atoms with Crippen LogP contribution < -0.4 is 0 Å². The van der Waals surface area contributed by atoms with Crippen molar-refractivity contribution < 1.29 is 13.2 Å². The molecule has 6 heteroatoms. The smallest absolute Gasteiger partial charge is 0.243 e. The minimum atomic E-state index is -3.70. The molecule has 2 heterocycles. The molecule has 1 atom stereocenters. The molecule has 1 aliphatic carbocycles. The van der Waals surface area contributed by atoms with Gasteiger partial charge in [0.25, 0.3) is 0 Å². The third kappa shape index (κ3) is 2.86. The number of piperazine rings is 1. The number of hydrogen-bond donors (Lipinski definition) is 0. The third-order valence-corrected chi connectivity index (χ3v) is 8.19. The van der Waals surface area contributed by atoms with E-state index in [1.165, 1.54) is 15.4 Å². The average molecular weight is 397 g/mol. The topological polar surface area (TPSA) is 57.7 Å². The minimum absolute atomic E-state index is 0.0713. The predicted molar refractivity (Wildman–Crippen MR) is 106 cm³/mol. The van der Waals surface area contributed by atoms with Crippen molar-refractivity contribution in [1.29, 1.82) is 0 Å². The van der Waals surface area contributed by atoms with E-state index in [-0.39, 0.29) is 18.5 Å². The fraction of sp³-hybridized carbons (Fsp3) is 0.409. The van der Waals surface area contributed by atoms with E-state index in [9.17, 15) is 13.2 Å². The van der Waals surface area contributed by atoms with Gasteiger partial charge in [0.1, 0.15) is 0 Å². The number of benzene rings is 2. The Kier molecular flexibility index (Phi) is 4.29. The van der Waals surface area contributed by atoms with E-state index in [1.807, 2.05) is 35.2 Å². The van der Waals surface area contributed by atoms with Crippen LogP contribution in [0.1, 0.15) is 41.1 Å². The summed E-state index contributed by atoms with van der Waals surface area (Å²) >= 11 is 0. The molecule has 0 spiro atoms. The Morgan fingerprint density at radius 1 is 0.893 bits per heavy atom. The monoisotopic (exact) mass is 396 g/mol. The maximum atomic E-state index is 13.4. The Morgan fingerprint density at radius 2 is 1.68 bits per heavy atom. The Balaban J connectivity index is 1.49. The standard InChI is InChI=1S/C22H24N2O3S/c25-22-15-23(14-21-20-8-4-3-6-17(20)11-12-24(21)22)28(26,27)19-10-9-16-5-1-2-7-18(16)13-19/h3-4,6,8-10,13,21H,1-2,5,7,11-12,14-15H2/t21-/m0/s1. The summed E-state index contributed by atoms with van der Waals surface area (Å²) in [4.78, 5) is 14.9. The van der Waals surface area contributed by atoms with Gasteiger partial charge in [0, 0.05) is 13.1 Å². The van der Waals surface area contributed by atoms with Gasteiger partial charge in [0.15, 0.2) is 0 Å². The van der Waals surface area contributed by atoms with E-state index >= 15 is 0 Å². The van der Waals surface area contributed by atoms with Crippen LogP contribution in [0, 0.1) is 0 Å². The zero-order valence-electron chi connectivity index (χ0n) is 15.8. The molecule has 0 saturated carbocycles. The van der Waals surface area contributed by atoms with Crippen molar-refractivity contribution in [3.05, 3.63) is 64.7 Å². The van der Waals surface area contributed by atoms with E-state index in [0.29, 0.717) is 18.0 Å². The lowest BCUT2D eigenvalue weighted by Gasteiger charge is -2.44. The van der Waals surface area contributed by atoms with Crippen LogP contribution in [0.3, 0.4) is 0 Å². The quantitative estimate of drug-likeness (QED) is 0.784. The molecule has 0 bridgehead atoms. The zero-order chi connectivity index (χ0) is 19.3. The van der Waals surface area contributed by atoms with E-state index in [4.69, 9.17) is 0 Å². The minimum Gasteiger partial charge on any atom is -0.333 e. The largest absolute Gasteiger partial charge is 0.333 e. The number of nitrogens with zero attached hydrogens (tertiary/aromatic N) is 2. The fourth-order valence-electron chi connectivity index (χ4n) is 4.85. The van der Waals surface area contributed by atoms with Crippen LogP contribution in [0.4, 0.5) is 0 Å².